The lowest BCUT2D eigenvalue weighted by Crippen LogP contribution is -2.12. The Balaban J connectivity index is 1.84. The molecule has 106 valence electrons. The fourth-order valence-electron chi connectivity index (χ4n) is 1.90. The fourth-order valence-corrected chi connectivity index (χ4v) is 1.90. The van der Waals surface area contributed by atoms with E-state index >= 15 is 0 Å². The molecule has 4 heteroatoms. The largest absolute Gasteiger partial charge is 0.494 e. The van der Waals surface area contributed by atoms with Crippen LogP contribution in [0.15, 0.2) is 42.6 Å². The first kappa shape index (κ1) is 14.3. The SMILES string of the molecule is CCOc1cccc(CNCc2ccc(OC)nc2)c1. The van der Waals surface area contributed by atoms with Crippen molar-refractivity contribution in [2.75, 3.05) is 13.7 Å². The second-order valence-electron chi connectivity index (χ2n) is 4.39. The van der Waals surface area contributed by atoms with Gasteiger partial charge in [0, 0.05) is 25.4 Å². The molecule has 0 saturated heterocycles. The van der Waals surface area contributed by atoms with Gasteiger partial charge in [-0.05, 0) is 30.2 Å². The zero-order valence-corrected chi connectivity index (χ0v) is 11.9. The molecule has 0 aliphatic carbocycles. The molecule has 1 aromatic carbocycles. The van der Waals surface area contributed by atoms with Crippen LogP contribution in [0.3, 0.4) is 0 Å². The lowest BCUT2D eigenvalue weighted by molar-refractivity contribution is 0.340. The summed E-state index contributed by atoms with van der Waals surface area (Å²) in [6, 6.07) is 12.0. The van der Waals surface area contributed by atoms with Gasteiger partial charge in [-0.1, -0.05) is 18.2 Å². The standard InChI is InChI=1S/C16H20N2O2/c1-3-20-15-6-4-5-13(9-15)10-17-11-14-7-8-16(19-2)18-12-14/h4-9,12,17H,3,10-11H2,1-2H3. The van der Waals surface area contributed by atoms with Gasteiger partial charge in [0.1, 0.15) is 5.75 Å². The van der Waals surface area contributed by atoms with Crippen LogP contribution in [0.2, 0.25) is 0 Å². The van der Waals surface area contributed by atoms with Crippen LogP contribution in [-0.2, 0) is 13.1 Å². The highest BCUT2D eigenvalue weighted by atomic mass is 16.5. The van der Waals surface area contributed by atoms with Crippen LogP contribution in [0.5, 0.6) is 11.6 Å². The number of methoxy groups -OCH3 is 1. The maximum atomic E-state index is 5.48. The molecule has 0 fully saturated rings. The highest BCUT2D eigenvalue weighted by Gasteiger charge is 1.98. The van der Waals surface area contributed by atoms with E-state index in [-0.39, 0.29) is 0 Å². The molecule has 0 bridgehead atoms. The maximum absolute atomic E-state index is 5.48. The first-order chi connectivity index (χ1) is 9.81. The number of ether oxygens (including phenoxy) is 2. The summed E-state index contributed by atoms with van der Waals surface area (Å²) < 4.78 is 10.5. The Morgan fingerprint density at radius 3 is 2.65 bits per heavy atom. The van der Waals surface area contributed by atoms with Crippen molar-refractivity contribution in [2.45, 2.75) is 20.0 Å². The minimum absolute atomic E-state index is 0.637. The van der Waals surface area contributed by atoms with E-state index in [2.05, 4.69) is 22.4 Å². The van der Waals surface area contributed by atoms with Gasteiger partial charge in [-0.2, -0.15) is 0 Å². The van der Waals surface area contributed by atoms with Crippen molar-refractivity contribution < 1.29 is 9.47 Å². The summed E-state index contributed by atoms with van der Waals surface area (Å²) in [5.74, 6) is 1.55. The number of nitrogens with zero attached hydrogens (tertiary/aromatic N) is 1. The molecule has 0 radical (unpaired) electrons. The Morgan fingerprint density at radius 1 is 1.10 bits per heavy atom. The quantitative estimate of drug-likeness (QED) is 0.841. The van der Waals surface area contributed by atoms with Gasteiger partial charge in [-0.15, -0.1) is 0 Å². The third kappa shape index (κ3) is 4.24. The molecule has 0 unspecified atom stereocenters. The van der Waals surface area contributed by atoms with E-state index in [0.29, 0.717) is 12.5 Å². The van der Waals surface area contributed by atoms with Gasteiger partial charge < -0.3 is 14.8 Å². The molecule has 0 aliphatic rings. The number of pyridine rings is 1. The van der Waals surface area contributed by atoms with E-state index < -0.39 is 0 Å². The third-order valence-corrected chi connectivity index (χ3v) is 2.87. The molecule has 0 atom stereocenters. The zero-order valence-electron chi connectivity index (χ0n) is 11.9. The molecule has 0 saturated carbocycles. The fraction of sp³-hybridized carbons (Fsp3) is 0.312. The molecule has 0 spiro atoms. The molecule has 2 rings (SSSR count). The summed E-state index contributed by atoms with van der Waals surface area (Å²) in [5, 5.41) is 3.39. The molecule has 2 aromatic rings. The van der Waals surface area contributed by atoms with E-state index in [1.165, 1.54) is 5.56 Å². The van der Waals surface area contributed by atoms with Crippen LogP contribution in [0.25, 0.3) is 0 Å². The van der Waals surface area contributed by atoms with E-state index in [9.17, 15) is 0 Å². The normalized spacial score (nSPS) is 10.3. The van der Waals surface area contributed by atoms with Crippen LogP contribution >= 0.6 is 0 Å². The van der Waals surface area contributed by atoms with Gasteiger partial charge in [-0.3, -0.25) is 0 Å². The Hall–Kier alpha value is -2.07. The van der Waals surface area contributed by atoms with Crippen molar-refractivity contribution in [1.29, 1.82) is 0 Å². The molecular weight excluding hydrogens is 252 g/mol. The molecule has 1 N–H and O–H groups in total. The number of benzene rings is 1. The Kier molecular flexibility index (Phi) is 5.38. The van der Waals surface area contributed by atoms with Crippen molar-refractivity contribution in [3.8, 4) is 11.6 Å². The number of aromatic nitrogens is 1. The predicted octanol–water partition coefficient (Wildman–Crippen LogP) is 2.78. The Labute approximate surface area is 119 Å². The number of nitrogens with one attached hydrogen (secondary N) is 1. The average molecular weight is 272 g/mol. The van der Waals surface area contributed by atoms with Gasteiger partial charge in [0.05, 0.1) is 13.7 Å². The summed E-state index contributed by atoms with van der Waals surface area (Å²) in [6.45, 7) is 4.25. The van der Waals surface area contributed by atoms with Crippen molar-refractivity contribution in [1.82, 2.24) is 10.3 Å². The Bertz CT molecular complexity index is 526. The van der Waals surface area contributed by atoms with Gasteiger partial charge in [0.2, 0.25) is 5.88 Å². The topological polar surface area (TPSA) is 43.4 Å². The van der Waals surface area contributed by atoms with Crippen molar-refractivity contribution in [3.05, 3.63) is 53.7 Å². The number of hydrogen-bond donors (Lipinski definition) is 1. The molecular formula is C16H20N2O2. The zero-order chi connectivity index (χ0) is 14.2. The molecule has 1 aromatic heterocycles. The van der Waals surface area contributed by atoms with Gasteiger partial charge in [-0.25, -0.2) is 4.98 Å². The average Bonchev–Trinajstić information content (AvgIpc) is 2.49. The van der Waals surface area contributed by atoms with Crippen molar-refractivity contribution in [3.63, 3.8) is 0 Å². The lowest BCUT2D eigenvalue weighted by Gasteiger charge is -2.08. The summed E-state index contributed by atoms with van der Waals surface area (Å²) in [4.78, 5) is 4.18. The minimum Gasteiger partial charge on any atom is -0.494 e. The summed E-state index contributed by atoms with van der Waals surface area (Å²) in [7, 11) is 1.62. The molecule has 0 amide bonds. The summed E-state index contributed by atoms with van der Waals surface area (Å²) in [6.07, 6.45) is 1.82. The van der Waals surface area contributed by atoms with Crippen LogP contribution < -0.4 is 14.8 Å². The second-order valence-corrected chi connectivity index (χ2v) is 4.39. The third-order valence-electron chi connectivity index (χ3n) is 2.87. The van der Waals surface area contributed by atoms with Crippen LogP contribution in [-0.4, -0.2) is 18.7 Å². The van der Waals surface area contributed by atoms with E-state index in [4.69, 9.17) is 9.47 Å². The van der Waals surface area contributed by atoms with Gasteiger partial charge >= 0.3 is 0 Å². The highest BCUT2D eigenvalue weighted by Crippen LogP contribution is 2.13. The second kappa shape index (κ2) is 7.50. The van der Waals surface area contributed by atoms with Gasteiger partial charge in [0.15, 0.2) is 0 Å². The van der Waals surface area contributed by atoms with E-state index in [0.717, 1.165) is 24.4 Å². The predicted molar refractivity (Wildman–Crippen MR) is 78.9 cm³/mol. The first-order valence-electron chi connectivity index (χ1n) is 6.73. The molecule has 1 heterocycles. The first-order valence-corrected chi connectivity index (χ1v) is 6.73. The number of hydrogen-bond acceptors (Lipinski definition) is 4. The van der Waals surface area contributed by atoms with Gasteiger partial charge in [0.25, 0.3) is 0 Å². The molecule has 0 aliphatic heterocycles. The smallest absolute Gasteiger partial charge is 0.212 e. The van der Waals surface area contributed by atoms with Crippen molar-refractivity contribution in [2.24, 2.45) is 0 Å². The van der Waals surface area contributed by atoms with E-state index in [1.807, 2.05) is 37.4 Å². The molecule has 4 nitrogen and oxygen atoms in total. The summed E-state index contributed by atoms with van der Waals surface area (Å²) >= 11 is 0. The van der Waals surface area contributed by atoms with E-state index in [1.54, 1.807) is 7.11 Å². The highest BCUT2D eigenvalue weighted by molar-refractivity contribution is 5.28. The number of rotatable bonds is 7. The monoisotopic (exact) mass is 272 g/mol. The van der Waals surface area contributed by atoms with Crippen molar-refractivity contribution >= 4 is 0 Å². The molecule has 20 heavy (non-hydrogen) atoms. The summed E-state index contributed by atoms with van der Waals surface area (Å²) in [5.41, 5.74) is 2.34. The minimum atomic E-state index is 0.637. The van der Waals surface area contributed by atoms with Crippen LogP contribution in [0, 0.1) is 0 Å². The Morgan fingerprint density at radius 2 is 1.95 bits per heavy atom. The van der Waals surface area contributed by atoms with Crippen LogP contribution in [0.4, 0.5) is 0 Å². The lowest BCUT2D eigenvalue weighted by atomic mass is 10.2. The van der Waals surface area contributed by atoms with Crippen LogP contribution in [0.1, 0.15) is 18.1 Å². The maximum Gasteiger partial charge on any atom is 0.212 e.